The van der Waals surface area contributed by atoms with Crippen molar-refractivity contribution >= 4 is 27.4 Å². The zero-order chi connectivity index (χ0) is 20.8. The molecule has 0 aliphatic heterocycles. The minimum atomic E-state index is 0.336. The fourth-order valence-corrected chi connectivity index (χ4v) is 5.32. The van der Waals surface area contributed by atoms with Crippen molar-refractivity contribution in [1.29, 1.82) is 0 Å². The van der Waals surface area contributed by atoms with E-state index >= 15 is 0 Å². The number of rotatable bonds is 5. The lowest BCUT2D eigenvalue weighted by molar-refractivity contribution is 0.534. The van der Waals surface area contributed by atoms with Gasteiger partial charge in [0, 0.05) is 37.7 Å². The van der Waals surface area contributed by atoms with E-state index in [-0.39, 0.29) is 0 Å². The maximum Gasteiger partial charge on any atom is 0.199 e. The summed E-state index contributed by atoms with van der Waals surface area (Å²) < 4.78 is 3.97. The van der Waals surface area contributed by atoms with Gasteiger partial charge in [-0.05, 0) is 45.2 Å². The Morgan fingerprint density at radius 3 is 2.63 bits per heavy atom. The quantitative estimate of drug-likeness (QED) is 0.479. The molecule has 4 aromatic rings. The normalized spacial score (nSPS) is 15.0. The number of nitrogens with one attached hydrogen (secondary N) is 1. The molecule has 8 heteroatoms. The number of fused-ring (bicyclic) bond motifs is 1. The number of imidazole rings is 1. The number of thiophene rings is 1. The van der Waals surface area contributed by atoms with E-state index in [1.165, 1.54) is 31.2 Å². The maximum atomic E-state index is 4.94. The average Bonchev–Trinajstić information content (AvgIpc) is 3.48. The van der Waals surface area contributed by atoms with Gasteiger partial charge in [0.1, 0.15) is 16.3 Å². The van der Waals surface area contributed by atoms with E-state index in [2.05, 4.69) is 37.1 Å². The van der Waals surface area contributed by atoms with Crippen molar-refractivity contribution in [3.05, 3.63) is 30.2 Å². The molecule has 0 aromatic carbocycles. The van der Waals surface area contributed by atoms with Gasteiger partial charge in [-0.15, -0.1) is 11.3 Å². The topological polar surface area (TPSA) is 73.5 Å². The van der Waals surface area contributed by atoms with Crippen molar-refractivity contribution < 1.29 is 0 Å². The van der Waals surface area contributed by atoms with Crippen LogP contribution in [0.5, 0.6) is 0 Å². The Hall–Kier alpha value is -2.74. The third-order valence-electron chi connectivity index (χ3n) is 5.88. The van der Waals surface area contributed by atoms with Crippen LogP contribution in [-0.4, -0.2) is 35.3 Å². The summed E-state index contributed by atoms with van der Waals surface area (Å²) in [5, 5.41) is 9.64. The fourth-order valence-electron chi connectivity index (χ4n) is 4.18. The number of nitrogens with zero attached hydrogens (tertiary/aromatic N) is 6. The number of hydrogen-bond acceptors (Lipinski definition) is 6. The molecule has 0 unspecified atom stereocenters. The molecule has 0 bridgehead atoms. The molecule has 30 heavy (non-hydrogen) atoms. The first kappa shape index (κ1) is 19.2. The molecule has 4 heterocycles. The summed E-state index contributed by atoms with van der Waals surface area (Å²) in [7, 11) is 1.98. The van der Waals surface area contributed by atoms with Crippen molar-refractivity contribution in [2.24, 2.45) is 7.05 Å². The number of aromatic nitrogens is 6. The fraction of sp³-hybridized carbons (Fsp3) is 0.455. The molecule has 1 aliphatic carbocycles. The van der Waals surface area contributed by atoms with Gasteiger partial charge in [-0.25, -0.2) is 15.0 Å². The van der Waals surface area contributed by atoms with Crippen LogP contribution < -0.4 is 5.32 Å². The van der Waals surface area contributed by atoms with E-state index in [1.807, 2.05) is 28.7 Å². The predicted molar refractivity (Wildman–Crippen MR) is 122 cm³/mol. The van der Waals surface area contributed by atoms with Crippen LogP contribution in [0.15, 0.2) is 24.7 Å². The second-order valence-corrected chi connectivity index (χ2v) is 9.39. The minimum absolute atomic E-state index is 0.336. The Morgan fingerprint density at radius 1 is 1.17 bits per heavy atom. The predicted octanol–water partition coefficient (Wildman–Crippen LogP) is 5.20. The monoisotopic (exact) mass is 421 g/mol. The zero-order valence-electron chi connectivity index (χ0n) is 17.9. The van der Waals surface area contributed by atoms with Gasteiger partial charge in [-0.2, -0.15) is 5.10 Å². The largest absolute Gasteiger partial charge is 0.367 e. The number of anilines is 1. The Bertz CT molecular complexity index is 1190. The Balaban J connectivity index is 1.67. The Morgan fingerprint density at radius 2 is 1.97 bits per heavy atom. The number of aryl methyl sites for hydroxylation is 2. The van der Waals surface area contributed by atoms with Crippen molar-refractivity contribution in [1.82, 2.24) is 29.3 Å². The van der Waals surface area contributed by atoms with Crippen LogP contribution in [0.4, 0.5) is 5.82 Å². The van der Waals surface area contributed by atoms with Crippen molar-refractivity contribution in [3.8, 4) is 22.2 Å². The third kappa shape index (κ3) is 3.29. The highest BCUT2D eigenvalue weighted by Crippen LogP contribution is 2.41. The second-order valence-electron chi connectivity index (χ2n) is 8.39. The minimum Gasteiger partial charge on any atom is -0.367 e. The van der Waals surface area contributed by atoms with Crippen LogP contribution in [0.2, 0.25) is 0 Å². The summed E-state index contributed by atoms with van der Waals surface area (Å²) in [4.78, 5) is 16.5. The van der Waals surface area contributed by atoms with E-state index in [9.17, 15) is 0 Å². The maximum absolute atomic E-state index is 4.94. The lowest BCUT2D eigenvalue weighted by Crippen LogP contribution is -2.16. The second kappa shape index (κ2) is 7.50. The summed E-state index contributed by atoms with van der Waals surface area (Å²) in [5.41, 5.74) is 2.19. The molecule has 1 N–H and O–H groups in total. The molecule has 0 atom stereocenters. The van der Waals surface area contributed by atoms with Gasteiger partial charge in [0.05, 0.1) is 10.3 Å². The Kier molecular flexibility index (Phi) is 4.81. The standard InChI is InChI=1S/C22H27N7S/c1-13(2)29-11-9-16(27-29)18-14(3)17-19(24-15-7-5-6-8-15)25-20(26-22(17)30-18)21-23-10-12-28(21)4/h9-13,15H,5-8H2,1-4H3,(H,24,25,26). The Labute approximate surface area is 180 Å². The van der Waals surface area contributed by atoms with E-state index in [4.69, 9.17) is 15.1 Å². The van der Waals surface area contributed by atoms with Gasteiger partial charge in [0.2, 0.25) is 0 Å². The first-order valence-corrected chi connectivity index (χ1v) is 11.4. The van der Waals surface area contributed by atoms with Gasteiger partial charge in [0.15, 0.2) is 11.6 Å². The van der Waals surface area contributed by atoms with Crippen LogP contribution in [0.25, 0.3) is 32.4 Å². The molecular formula is C22H27N7S. The molecule has 0 spiro atoms. The highest BCUT2D eigenvalue weighted by Gasteiger charge is 2.23. The van der Waals surface area contributed by atoms with E-state index in [1.54, 1.807) is 17.5 Å². The molecule has 4 aromatic heterocycles. The van der Waals surface area contributed by atoms with Crippen LogP contribution in [0, 0.1) is 6.92 Å². The lowest BCUT2D eigenvalue weighted by atomic mass is 10.1. The van der Waals surface area contributed by atoms with E-state index in [0.29, 0.717) is 17.9 Å². The average molecular weight is 422 g/mol. The van der Waals surface area contributed by atoms with Gasteiger partial charge in [-0.3, -0.25) is 4.68 Å². The summed E-state index contributed by atoms with van der Waals surface area (Å²) in [5.74, 6) is 2.37. The first-order chi connectivity index (χ1) is 14.5. The van der Waals surface area contributed by atoms with Crippen molar-refractivity contribution in [3.63, 3.8) is 0 Å². The molecular weight excluding hydrogens is 394 g/mol. The third-order valence-corrected chi connectivity index (χ3v) is 7.09. The summed E-state index contributed by atoms with van der Waals surface area (Å²) >= 11 is 1.69. The highest BCUT2D eigenvalue weighted by molar-refractivity contribution is 7.22. The molecule has 1 fully saturated rings. The first-order valence-electron chi connectivity index (χ1n) is 10.6. The lowest BCUT2D eigenvalue weighted by Gasteiger charge is -2.15. The summed E-state index contributed by atoms with van der Waals surface area (Å²) in [6.07, 6.45) is 10.7. The molecule has 0 saturated heterocycles. The van der Waals surface area contributed by atoms with Gasteiger partial charge < -0.3 is 9.88 Å². The summed E-state index contributed by atoms with van der Waals surface area (Å²) in [6, 6.07) is 2.90. The van der Waals surface area contributed by atoms with Crippen LogP contribution in [0.1, 0.15) is 51.1 Å². The van der Waals surface area contributed by atoms with Crippen LogP contribution in [-0.2, 0) is 7.05 Å². The van der Waals surface area contributed by atoms with Crippen molar-refractivity contribution in [2.45, 2.75) is 58.5 Å². The highest BCUT2D eigenvalue weighted by atomic mass is 32.1. The van der Waals surface area contributed by atoms with E-state index < -0.39 is 0 Å². The van der Waals surface area contributed by atoms with Crippen LogP contribution >= 0.6 is 11.3 Å². The smallest absolute Gasteiger partial charge is 0.199 e. The molecule has 7 nitrogen and oxygen atoms in total. The van der Waals surface area contributed by atoms with Crippen molar-refractivity contribution in [2.75, 3.05) is 5.32 Å². The molecule has 5 rings (SSSR count). The molecule has 1 saturated carbocycles. The van der Waals surface area contributed by atoms with Gasteiger partial charge in [0.25, 0.3) is 0 Å². The van der Waals surface area contributed by atoms with Gasteiger partial charge >= 0.3 is 0 Å². The molecule has 0 amide bonds. The zero-order valence-corrected chi connectivity index (χ0v) is 18.7. The summed E-state index contributed by atoms with van der Waals surface area (Å²) in [6.45, 7) is 6.44. The molecule has 1 aliphatic rings. The van der Waals surface area contributed by atoms with E-state index in [0.717, 1.165) is 32.4 Å². The SMILES string of the molecule is Cc1c(-c2ccn(C(C)C)n2)sc2nc(-c3nccn3C)nc(NC3CCCC3)c12. The van der Waals surface area contributed by atoms with Crippen LogP contribution in [0.3, 0.4) is 0 Å². The molecule has 156 valence electrons. The molecule has 0 radical (unpaired) electrons. The number of hydrogen-bond donors (Lipinski definition) is 1. The van der Waals surface area contributed by atoms with Gasteiger partial charge in [-0.1, -0.05) is 12.8 Å².